The zero-order valence-electron chi connectivity index (χ0n) is 3.88. The molecule has 0 unspecified atom stereocenters. The van der Waals surface area contributed by atoms with Gasteiger partial charge in [-0.1, -0.05) is 0 Å². The van der Waals surface area contributed by atoms with Crippen LogP contribution in [-0.4, -0.2) is 49.4 Å². The van der Waals surface area contributed by atoms with Gasteiger partial charge in [0.15, 0.2) is 0 Å². The van der Waals surface area contributed by atoms with Crippen molar-refractivity contribution in [3.8, 4) is 0 Å². The van der Waals surface area contributed by atoms with Gasteiger partial charge in [0.05, 0.1) is 0 Å². The Morgan fingerprint density at radius 1 is 1.29 bits per heavy atom. The van der Waals surface area contributed by atoms with Gasteiger partial charge in [-0.05, 0) is 6.16 Å². The van der Waals surface area contributed by atoms with Gasteiger partial charge in [0, 0.05) is 0 Å². The predicted molar refractivity (Wildman–Crippen MR) is 13.1 cm³/mol. The summed E-state index contributed by atoms with van der Waals surface area (Å²) in [7, 11) is 0. The van der Waals surface area contributed by atoms with Crippen molar-refractivity contribution in [2.45, 2.75) is 0 Å². The number of hydrogen-bond acceptors (Lipinski definition) is 4. The smallest absolute Gasteiger partial charge is 0.870 e. The monoisotopic (exact) mass is 124 g/mol. The summed E-state index contributed by atoms with van der Waals surface area (Å²) in [5, 5.41) is 16.7. The van der Waals surface area contributed by atoms with Crippen molar-refractivity contribution in [1.29, 1.82) is 0 Å². The fraction of sp³-hybridized carbons (Fsp3) is 0. The van der Waals surface area contributed by atoms with Crippen molar-refractivity contribution in [2.75, 3.05) is 0 Å². The third-order valence-electron chi connectivity index (χ3n) is 0. The van der Waals surface area contributed by atoms with Gasteiger partial charge in [0.1, 0.15) is 0 Å². The topological polar surface area (TPSA) is 93.2 Å². The van der Waals surface area contributed by atoms with Crippen LogP contribution in [0.25, 0.3) is 0 Å². The van der Waals surface area contributed by atoms with Crippen LogP contribution in [-0.2, 0) is 0 Å². The van der Waals surface area contributed by atoms with Crippen LogP contribution in [0, 0.1) is 0 Å². The molecule has 0 bridgehead atoms. The molecule has 6 heteroatoms. The molecule has 0 aliphatic heterocycles. The van der Waals surface area contributed by atoms with Crippen LogP contribution in [0.1, 0.15) is 0 Å². The summed E-state index contributed by atoms with van der Waals surface area (Å²) in [6.45, 7) is 0. The average molecular weight is 124 g/mol. The first kappa shape index (κ1) is 24.3. The van der Waals surface area contributed by atoms with Gasteiger partial charge in [-0.3, -0.25) is 0 Å². The quantitative estimate of drug-likeness (QED) is 0.300. The van der Waals surface area contributed by atoms with Gasteiger partial charge in [0.25, 0.3) is 0 Å². The maximum absolute atomic E-state index is 8.33. The fourth-order valence-electron chi connectivity index (χ4n) is 0. The van der Waals surface area contributed by atoms with E-state index in [1.54, 1.807) is 0 Å². The number of carboxylic acid groups (broad SMARTS) is 2. The zero-order valence-corrected chi connectivity index (χ0v) is 6.09. The largest absolute Gasteiger partial charge is 2.00 e. The van der Waals surface area contributed by atoms with Crippen molar-refractivity contribution >= 4 is 43.9 Å². The minimum Gasteiger partial charge on any atom is -0.870 e. The van der Waals surface area contributed by atoms with Crippen molar-refractivity contribution in [1.82, 2.24) is 0 Å². The second kappa shape index (κ2) is 15.7. The predicted octanol–water partition coefficient (Wildman–Crippen LogP) is -6.00. The van der Waals surface area contributed by atoms with Crippen molar-refractivity contribution in [3.05, 3.63) is 0 Å². The Morgan fingerprint density at radius 2 is 1.29 bits per heavy atom. The molecule has 0 amide bonds. The van der Waals surface area contributed by atoms with Gasteiger partial charge in [-0.2, -0.15) is 0 Å². The molecular weight excluding hydrogens is 123 g/mol. The summed E-state index contributed by atoms with van der Waals surface area (Å²) < 4.78 is 0. The molecular formula is CHCaLiO4. The first-order chi connectivity index (χ1) is 1.73. The van der Waals surface area contributed by atoms with E-state index in [0.29, 0.717) is 0 Å². The standard InChI is InChI=1S/CH2O3.Ca.Li.H2O/c2-1(3)4;;;/h(H2,2,3,4);;;1H2/q;+2;+1;/p-3. The van der Waals surface area contributed by atoms with E-state index < -0.39 is 6.16 Å². The molecule has 0 atom stereocenters. The molecule has 0 aromatic heterocycles. The molecule has 4 nitrogen and oxygen atoms in total. The number of carbonyl (C=O) groups is 1. The number of rotatable bonds is 0. The van der Waals surface area contributed by atoms with E-state index in [9.17, 15) is 0 Å². The summed E-state index contributed by atoms with van der Waals surface area (Å²) in [5.74, 6) is 0. The van der Waals surface area contributed by atoms with Gasteiger partial charge in [-0.25, -0.2) is 0 Å². The molecule has 0 aromatic rings. The van der Waals surface area contributed by atoms with E-state index in [-0.39, 0.29) is 62.1 Å². The van der Waals surface area contributed by atoms with Crippen molar-refractivity contribution < 1.29 is 39.3 Å². The molecule has 1 N–H and O–H groups in total. The van der Waals surface area contributed by atoms with E-state index in [2.05, 4.69) is 0 Å². The molecule has 0 aliphatic rings. The second-order valence-electron chi connectivity index (χ2n) is 0.250. The maximum Gasteiger partial charge on any atom is 2.00 e. The number of carbonyl (C=O) groups excluding carboxylic acids is 1. The van der Waals surface area contributed by atoms with E-state index in [0.717, 1.165) is 0 Å². The average Bonchev–Trinajstić information content (AvgIpc) is 0.811. The zero-order chi connectivity index (χ0) is 3.58. The van der Waals surface area contributed by atoms with Crippen LogP contribution < -0.4 is 29.1 Å². The molecule has 0 rings (SSSR count). The SMILES string of the molecule is O=C([O-])[O-].[Ca+2].[Li+].[OH-]. The third-order valence-corrected chi connectivity index (χ3v) is 0. The molecule has 0 saturated carbocycles. The molecule has 0 fully saturated rings. The second-order valence-corrected chi connectivity index (χ2v) is 0.250. The fourth-order valence-corrected chi connectivity index (χ4v) is 0. The minimum atomic E-state index is -2.33. The van der Waals surface area contributed by atoms with Crippen LogP contribution in [0.2, 0.25) is 0 Å². The molecule has 7 heavy (non-hydrogen) atoms. The molecule has 0 heterocycles. The van der Waals surface area contributed by atoms with Gasteiger partial charge < -0.3 is 20.5 Å². The number of hydrogen-bond donors (Lipinski definition) is 0. The molecule has 0 radical (unpaired) electrons. The third kappa shape index (κ3) is 155. The van der Waals surface area contributed by atoms with Crippen molar-refractivity contribution in [2.24, 2.45) is 0 Å². The summed E-state index contributed by atoms with van der Waals surface area (Å²) in [6, 6.07) is 0. The Labute approximate surface area is 82.4 Å². The van der Waals surface area contributed by atoms with Crippen molar-refractivity contribution in [3.63, 3.8) is 0 Å². The Morgan fingerprint density at radius 3 is 1.29 bits per heavy atom. The van der Waals surface area contributed by atoms with Crippen LogP contribution >= 0.6 is 0 Å². The molecule has 0 saturated heterocycles. The minimum absolute atomic E-state index is 0. The first-order valence-electron chi connectivity index (χ1n) is 0.612. The van der Waals surface area contributed by atoms with Crippen LogP contribution in [0.4, 0.5) is 4.79 Å². The van der Waals surface area contributed by atoms with E-state index in [1.807, 2.05) is 0 Å². The molecule has 0 aliphatic carbocycles. The van der Waals surface area contributed by atoms with Crippen LogP contribution in [0.3, 0.4) is 0 Å². The Kier molecular flexibility index (Phi) is 54.6. The molecule has 0 aromatic carbocycles. The van der Waals surface area contributed by atoms with Gasteiger partial charge in [-0.15, -0.1) is 0 Å². The van der Waals surface area contributed by atoms with Crippen LogP contribution in [0.15, 0.2) is 0 Å². The Balaban J connectivity index is -0.0000000150. The van der Waals surface area contributed by atoms with E-state index in [1.165, 1.54) is 0 Å². The summed E-state index contributed by atoms with van der Waals surface area (Å²) in [4.78, 5) is 8.33. The summed E-state index contributed by atoms with van der Waals surface area (Å²) >= 11 is 0. The van der Waals surface area contributed by atoms with E-state index in [4.69, 9.17) is 15.0 Å². The van der Waals surface area contributed by atoms with E-state index >= 15 is 0 Å². The van der Waals surface area contributed by atoms with Crippen LogP contribution in [0.5, 0.6) is 0 Å². The normalized spacial score (nSPS) is 3.43. The molecule has 32 valence electrons. The maximum atomic E-state index is 8.33. The Bertz CT molecular complexity index is 34.7. The Hall–Kier alpha value is 1.09. The summed E-state index contributed by atoms with van der Waals surface area (Å²) in [6.07, 6.45) is -2.33. The van der Waals surface area contributed by atoms with Gasteiger partial charge in [0.2, 0.25) is 0 Å². The summed E-state index contributed by atoms with van der Waals surface area (Å²) in [5.41, 5.74) is 0. The van der Waals surface area contributed by atoms with Gasteiger partial charge >= 0.3 is 56.6 Å². The molecule has 0 spiro atoms. The first-order valence-corrected chi connectivity index (χ1v) is 0.612.